The third-order valence-corrected chi connectivity index (χ3v) is 6.27. The minimum Gasteiger partial charge on any atom is -0.488 e. The first kappa shape index (κ1) is 17.2. The number of benzene rings is 2. The maximum Gasteiger partial charge on any atom is 0.123 e. The van der Waals surface area contributed by atoms with Gasteiger partial charge in [0.05, 0.1) is 0 Å². The van der Waals surface area contributed by atoms with E-state index in [9.17, 15) is 0 Å². The normalized spacial score (nSPS) is 15.1. The van der Waals surface area contributed by atoms with E-state index < -0.39 is 0 Å². The van der Waals surface area contributed by atoms with E-state index >= 15 is 0 Å². The van der Waals surface area contributed by atoms with Gasteiger partial charge in [-0.25, -0.2) is 0 Å². The Kier molecular flexibility index (Phi) is 5.18. The molecule has 1 saturated heterocycles. The van der Waals surface area contributed by atoms with Crippen LogP contribution in [0.5, 0.6) is 5.75 Å². The summed E-state index contributed by atoms with van der Waals surface area (Å²) in [5.41, 5.74) is 1.36. The molecule has 2 heterocycles. The maximum absolute atomic E-state index is 6.25. The predicted molar refractivity (Wildman–Crippen MR) is 107 cm³/mol. The van der Waals surface area contributed by atoms with E-state index in [1.807, 2.05) is 30.3 Å². The van der Waals surface area contributed by atoms with Gasteiger partial charge < -0.3 is 4.74 Å². The first-order valence-electron chi connectivity index (χ1n) is 8.49. The van der Waals surface area contributed by atoms with Gasteiger partial charge >= 0.3 is 0 Å². The maximum atomic E-state index is 6.25. The molecule has 2 nitrogen and oxygen atoms in total. The molecule has 25 heavy (non-hydrogen) atoms. The third-order valence-electron chi connectivity index (χ3n) is 4.60. The molecule has 0 spiro atoms. The molecule has 1 aliphatic heterocycles. The molecule has 3 aromatic rings. The van der Waals surface area contributed by atoms with Crippen molar-refractivity contribution in [2.24, 2.45) is 0 Å². The highest BCUT2D eigenvalue weighted by molar-refractivity contribution is 7.19. The second-order valence-electron chi connectivity index (χ2n) is 6.37. The highest BCUT2D eigenvalue weighted by Crippen LogP contribution is 2.35. The minimum absolute atomic E-state index is 0.571. The predicted octanol–water partition coefficient (Wildman–Crippen LogP) is 6.38. The smallest absolute Gasteiger partial charge is 0.123 e. The molecule has 0 aliphatic carbocycles. The van der Waals surface area contributed by atoms with Crippen LogP contribution in [0.4, 0.5) is 0 Å². The van der Waals surface area contributed by atoms with Crippen LogP contribution in [0.3, 0.4) is 0 Å². The fourth-order valence-corrected chi connectivity index (χ4v) is 4.71. The highest BCUT2D eigenvalue weighted by atomic mass is 35.5. The van der Waals surface area contributed by atoms with Crippen molar-refractivity contribution >= 4 is 44.6 Å². The number of rotatable bonds is 5. The summed E-state index contributed by atoms with van der Waals surface area (Å²) >= 11 is 14.0. The first-order valence-corrected chi connectivity index (χ1v) is 10.1. The summed E-state index contributed by atoms with van der Waals surface area (Å²) in [6.07, 6.45) is 2.58. The number of fused-ring (bicyclic) bond motifs is 1. The van der Waals surface area contributed by atoms with Crippen LogP contribution >= 0.6 is 34.5 Å². The van der Waals surface area contributed by atoms with Crippen LogP contribution in [0, 0.1) is 0 Å². The molecule has 4 rings (SSSR count). The van der Waals surface area contributed by atoms with Crippen molar-refractivity contribution in [1.82, 2.24) is 4.90 Å². The Morgan fingerprint density at radius 3 is 2.44 bits per heavy atom. The van der Waals surface area contributed by atoms with E-state index in [0.29, 0.717) is 6.61 Å². The Morgan fingerprint density at radius 1 is 0.960 bits per heavy atom. The summed E-state index contributed by atoms with van der Waals surface area (Å²) < 4.78 is 7.28. The lowest BCUT2D eigenvalue weighted by atomic mass is 10.1. The standard InChI is InChI=1S/C20H19Cl2NOS/c21-14-3-6-16(7-4-14)24-13-20-18(12-23-9-1-2-10-23)17-11-15(22)5-8-19(17)25-20/h3-8,11H,1-2,9-10,12-13H2. The van der Waals surface area contributed by atoms with E-state index in [0.717, 1.165) is 22.3 Å². The van der Waals surface area contributed by atoms with Gasteiger partial charge in [-0.05, 0) is 79.3 Å². The molecule has 1 aliphatic rings. The van der Waals surface area contributed by atoms with Crippen molar-refractivity contribution in [3.63, 3.8) is 0 Å². The van der Waals surface area contributed by atoms with Crippen molar-refractivity contribution in [2.75, 3.05) is 13.1 Å². The van der Waals surface area contributed by atoms with Crippen LogP contribution in [0.15, 0.2) is 42.5 Å². The number of ether oxygens (including phenoxy) is 1. The molecule has 0 atom stereocenters. The zero-order chi connectivity index (χ0) is 17.2. The highest BCUT2D eigenvalue weighted by Gasteiger charge is 2.18. The summed E-state index contributed by atoms with van der Waals surface area (Å²) in [4.78, 5) is 3.80. The van der Waals surface area contributed by atoms with E-state index in [2.05, 4.69) is 17.0 Å². The average molecular weight is 392 g/mol. The van der Waals surface area contributed by atoms with Gasteiger partial charge in [0.1, 0.15) is 12.4 Å². The molecule has 0 saturated carbocycles. The zero-order valence-electron chi connectivity index (χ0n) is 13.8. The second-order valence-corrected chi connectivity index (χ2v) is 8.38. The van der Waals surface area contributed by atoms with E-state index in [1.165, 1.54) is 46.5 Å². The van der Waals surface area contributed by atoms with Crippen LogP contribution in [-0.4, -0.2) is 18.0 Å². The van der Waals surface area contributed by atoms with E-state index in [4.69, 9.17) is 27.9 Å². The molecule has 1 aromatic heterocycles. The van der Waals surface area contributed by atoms with Crippen molar-refractivity contribution < 1.29 is 4.74 Å². The van der Waals surface area contributed by atoms with Gasteiger partial charge in [-0.3, -0.25) is 4.90 Å². The molecule has 2 aromatic carbocycles. The van der Waals surface area contributed by atoms with Crippen LogP contribution in [0.2, 0.25) is 10.0 Å². The quantitative estimate of drug-likeness (QED) is 0.499. The molecule has 0 unspecified atom stereocenters. The molecule has 0 amide bonds. The summed E-state index contributed by atoms with van der Waals surface area (Å²) in [6, 6.07) is 13.7. The lowest BCUT2D eigenvalue weighted by Crippen LogP contribution is -2.19. The van der Waals surface area contributed by atoms with Gasteiger partial charge in [0.15, 0.2) is 0 Å². The molecular formula is C20H19Cl2NOS. The fourth-order valence-electron chi connectivity index (χ4n) is 3.31. The van der Waals surface area contributed by atoms with Gasteiger partial charge in [-0.15, -0.1) is 11.3 Å². The van der Waals surface area contributed by atoms with Crippen LogP contribution in [0.1, 0.15) is 23.3 Å². The first-order chi connectivity index (χ1) is 12.2. The third kappa shape index (κ3) is 3.95. The number of halogens is 2. The summed E-state index contributed by atoms with van der Waals surface area (Å²) in [6.45, 7) is 3.90. The molecule has 0 radical (unpaired) electrons. The van der Waals surface area contributed by atoms with Crippen molar-refractivity contribution in [3.8, 4) is 5.75 Å². The number of thiophene rings is 1. The van der Waals surface area contributed by atoms with Crippen LogP contribution in [0.25, 0.3) is 10.1 Å². The van der Waals surface area contributed by atoms with Gasteiger partial charge in [-0.2, -0.15) is 0 Å². The Bertz CT molecular complexity index is 869. The molecule has 0 N–H and O–H groups in total. The lowest BCUT2D eigenvalue weighted by Gasteiger charge is -2.16. The SMILES string of the molecule is Clc1ccc(OCc2sc3ccc(Cl)cc3c2CN2CCCC2)cc1. The summed E-state index contributed by atoms with van der Waals surface area (Å²) in [7, 11) is 0. The number of likely N-dealkylation sites (tertiary alicyclic amines) is 1. The van der Waals surface area contributed by atoms with Gasteiger partial charge in [0.25, 0.3) is 0 Å². The van der Waals surface area contributed by atoms with Gasteiger partial charge in [-0.1, -0.05) is 23.2 Å². The van der Waals surface area contributed by atoms with E-state index in [-0.39, 0.29) is 0 Å². The minimum atomic E-state index is 0.571. The Labute approximate surface area is 161 Å². The van der Waals surface area contributed by atoms with Crippen molar-refractivity contribution in [2.45, 2.75) is 26.0 Å². The number of nitrogens with zero attached hydrogens (tertiary/aromatic N) is 1. The molecular weight excluding hydrogens is 373 g/mol. The van der Waals surface area contributed by atoms with Crippen LogP contribution in [-0.2, 0) is 13.2 Å². The Morgan fingerprint density at radius 2 is 1.68 bits per heavy atom. The number of hydrogen-bond donors (Lipinski definition) is 0. The molecule has 130 valence electrons. The lowest BCUT2D eigenvalue weighted by molar-refractivity contribution is 0.300. The summed E-state index contributed by atoms with van der Waals surface area (Å²) in [5, 5.41) is 2.77. The second kappa shape index (κ2) is 7.55. The number of hydrogen-bond acceptors (Lipinski definition) is 3. The monoisotopic (exact) mass is 391 g/mol. The topological polar surface area (TPSA) is 12.5 Å². The van der Waals surface area contributed by atoms with Gasteiger partial charge in [0.2, 0.25) is 0 Å². The average Bonchev–Trinajstić information content (AvgIpc) is 3.23. The van der Waals surface area contributed by atoms with Crippen molar-refractivity contribution in [3.05, 3.63) is 63.0 Å². The van der Waals surface area contributed by atoms with E-state index in [1.54, 1.807) is 11.3 Å². The molecule has 0 bridgehead atoms. The molecule has 5 heteroatoms. The fraction of sp³-hybridized carbons (Fsp3) is 0.300. The van der Waals surface area contributed by atoms with Gasteiger partial charge in [0, 0.05) is 26.2 Å². The Hall–Kier alpha value is -1.26. The Balaban J connectivity index is 1.62. The van der Waals surface area contributed by atoms with Crippen molar-refractivity contribution in [1.29, 1.82) is 0 Å². The summed E-state index contributed by atoms with van der Waals surface area (Å²) in [5.74, 6) is 0.840. The van der Waals surface area contributed by atoms with Crippen LogP contribution < -0.4 is 4.74 Å². The molecule has 1 fully saturated rings. The zero-order valence-corrected chi connectivity index (χ0v) is 16.1. The largest absolute Gasteiger partial charge is 0.488 e.